The smallest absolute Gasteiger partial charge is 0.198 e. The fourth-order valence-corrected chi connectivity index (χ4v) is 2.10. The number of para-hydroxylation sites is 1. The predicted molar refractivity (Wildman–Crippen MR) is 75.1 cm³/mol. The molecule has 100 valence electrons. The topological polar surface area (TPSA) is 52.3 Å². The zero-order valence-electron chi connectivity index (χ0n) is 11.0. The normalized spacial score (nSPS) is 10.7. The Morgan fingerprint density at radius 2 is 2.15 bits per heavy atom. The van der Waals surface area contributed by atoms with Crippen LogP contribution in [0.1, 0.15) is 22.8 Å². The van der Waals surface area contributed by atoms with E-state index in [1.165, 1.54) is 12.5 Å². The first-order valence-corrected chi connectivity index (χ1v) is 6.38. The van der Waals surface area contributed by atoms with Gasteiger partial charge in [0.2, 0.25) is 0 Å². The Hall–Kier alpha value is -2.62. The molecule has 1 aromatic carbocycles. The van der Waals surface area contributed by atoms with Crippen LogP contribution in [0.15, 0.2) is 53.4 Å². The van der Waals surface area contributed by atoms with Gasteiger partial charge in [-0.1, -0.05) is 18.2 Å². The molecule has 3 rings (SSSR count). The minimum absolute atomic E-state index is 0.121. The second kappa shape index (κ2) is 5.17. The van der Waals surface area contributed by atoms with Crippen LogP contribution in [0.5, 0.6) is 5.75 Å². The van der Waals surface area contributed by atoms with Gasteiger partial charge in [0.15, 0.2) is 5.78 Å². The van der Waals surface area contributed by atoms with Crippen molar-refractivity contribution in [2.24, 2.45) is 0 Å². The zero-order valence-corrected chi connectivity index (χ0v) is 11.0. The molecule has 0 aliphatic rings. The number of hydrogen-bond acceptors (Lipinski definition) is 4. The van der Waals surface area contributed by atoms with Crippen LogP contribution in [-0.2, 0) is 0 Å². The zero-order chi connectivity index (χ0) is 13.9. The number of pyridine rings is 1. The fourth-order valence-electron chi connectivity index (χ4n) is 2.10. The van der Waals surface area contributed by atoms with E-state index in [1.807, 2.05) is 31.2 Å². The maximum Gasteiger partial charge on any atom is 0.198 e. The highest BCUT2D eigenvalue weighted by Crippen LogP contribution is 2.24. The number of fused-ring (bicyclic) bond motifs is 1. The van der Waals surface area contributed by atoms with Gasteiger partial charge in [-0.3, -0.25) is 9.78 Å². The summed E-state index contributed by atoms with van der Waals surface area (Å²) >= 11 is 0. The number of aromatic nitrogens is 1. The minimum atomic E-state index is -0.121. The van der Waals surface area contributed by atoms with Crippen molar-refractivity contribution in [3.63, 3.8) is 0 Å². The molecule has 2 heterocycles. The van der Waals surface area contributed by atoms with Gasteiger partial charge in [-0.25, -0.2) is 0 Å². The molecule has 0 spiro atoms. The molecule has 0 unspecified atom stereocenters. The Morgan fingerprint density at radius 1 is 1.30 bits per heavy atom. The Balaban J connectivity index is 2.02. The van der Waals surface area contributed by atoms with Gasteiger partial charge >= 0.3 is 0 Å². The number of carbonyl (C=O) groups excluding carboxylic acids is 1. The third kappa shape index (κ3) is 2.16. The van der Waals surface area contributed by atoms with Crippen LogP contribution >= 0.6 is 0 Å². The van der Waals surface area contributed by atoms with Crippen molar-refractivity contribution >= 4 is 16.8 Å². The Labute approximate surface area is 116 Å². The molecule has 0 N–H and O–H groups in total. The number of ketones is 1. The van der Waals surface area contributed by atoms with Crippen molar-refractivity contribution in [1.82, 2.24) is 4.98 Å². The summed E-state index contributed by atoms with van der Waals surface area (Å²) in [5.41, 5.74) is 1.73. The summed E-state index contributed by atoms with van der Waals surface area (Å²) in [4.78, 5) is 16.6. The van der Waals surface area contributed by atoms with Crippen LogP contribution in [0, 0.1) is 0 Å². The van der Waals surface area contributed by atoms with Crippen molar-refractivity contribution in [2.75, 3.05) is 6.61 Å². The first-order valence-electron chi connectivity index (χ1n) is 6.38. The quantitative estimate of drug-likeness (QED) is 0.679. The fraction of sp³-hybridized carbons (Fsp3) is 0.125. The number of hydrogen-bond donors (Lipinski definition) is 0. The van der Waals surface area contributed by atoms with E-state index in [9.17, 15) is 4.79 Å². The molecular formula is C16H13NO3. The molecule has 0 atom stereocenters. The minimum Gasteiger partial charge on any atom is -0.492 e. The van der Waals surface area contributed by atoms with Crippen molar-refractivity contribution in [2.45, 2.75) is 6.92 Å². The van der Waals surface area contributed by atoms with Crippen molar-refractivity contribution in [1.29, 1.82) is 0 Å². The highest BCUT2D eigenvalue weighted by Gasteiger charge is 2.16. The molecule has 4 nitrogen and oxygen atoms in total. The second-order valence-corrected chi connectivity index (χ2v) is 4.32. The van der Waals surface area contributed by atoms with E-state index in [0.717, 1.165) is 5.39 Å². The molecule has 20 heavy (non-hydrogen) atoms. The summed E-state index contributed by atoms with van der Waals surface area (Å²) in [7, 11) is 0. The molecule has 0 aliphatic heterocycles. The molecule has 0 amide bonds. The van der Waals surface area contributed by atoms with E-state index in [2.05, 4.69) is 4.98 Å². The van der Waals surface area contributed by atoms with Crippen LogP contribution in [-0.4, -0.2) is 17.4 Å². The highest BCUT2D eigenvalue weighted by molar-refractivity contribution is 6.15. The number of ether oxygens (including phenoxy) is 1. The lowest BCUT2D eigenvalue weighted by molar-refractivity contribution is 0.103. The predicted octanol–water partition coefficient (Wildman–Crippen LogP) is 3.46. The number of benzene rings is 1. The van der Waals surface area contributed by atoms with Gasteiger partial charge in [-0.05, 0) is 19.1 Å². The van der Waals surface area contributed by atoms with Gasteiger partial charge in [0, 0.05) is 17.1 Å². The van der Waals surface area contributed by atoms with Crippen LogP contribution in [0.3, 0.4) is 0 Å². The first-order chi connectivity index (χ1) is 9.79. The number of furan rings is 1. The monoisotopic (exact) mass is 267 g/mol. The molecule has 3 aromatic rings. The molecular weight excluding hydrogens is 254 g/mol. The molecule has 0 bridgehead atoms. The Morgan fingerprint density at radius 3 is 3.00 bits per heavy atom. The van der Waals surface area contributed by atoms with Gasteiger partial charge in [-0.15, -0.1) is 0 Å². The maximum absolute atomic E-state index is 12.5. The third-order valence-corrected chi connectivity index (χ3v) is 3.01. The SMILES string of the molecule is CCOc1cncc(C(=O)c2coc3ccccc23)c1. The van der Waals surface area contributed by atoms with Gasteiger partial charge in [0.05, 0.1) is 18.4 Å². The molecule has 2 aromatic heterocycles. The highest BCUT2D eigenvalue weighted by atomic mass is 16.5. The van der Waals surface area contributed by atoms with E-state index in [0.29, 0.717) is 29.1 Å². The number of rotatable bonds is 4. The van der Waals surface area contributed by atoms with E-state index in [4.69, 9.17) is 9.15 Å². The van der Waals surface area contributed by atoms with Gasteiger partial charge in [-0.2, -0.15) is 0 Å². The summed E-state index contributed by atoms with van der Waals surface area (Å²) in [5.74, 6) is 0.468. The molecule has 0 fully saturated rings. The summed E-state index contributed by atoms with van der Waals surface area (Å²) in [6.07, 6.45) is 4.61. The number of carbonyl (C=O) groups is 1. The number of nitrogens with zero attached hydrogens (tertiary/aromatic N) is 1. The van der Waals surface area contributed by atoms with E-state index < -0.39 is 0 Å². The van der Waals surface area contributed by atoms with Crippen molar-refractivity contribution < 1.29 is 13.9 Å². The average molecular weight is 267 g/mol. The largest absolute Gasteiger partial charge is 0.492 e. The molecule has 0 saturated heterocycles. The lowest BCUT2D eigenvalue weighted by Crippen LogP contribution is -2.02. The molecule has 4 heteroatoms. The summed E-state index contributed by atoms with van der Waals surface area (Å²) < 4.78 is 10.8. The summed E-state index contributed by atoms with van der Waals surface area (Å²) in [6.45, 7) is 2.42. The lowest BCUT2D eigenvalue weighted by atomic mass is 10.0. The average Bonchev–Trinajstić information content (AvgIpc) is 2.91. The van der Waals surface area contributed by atoms with Gasteiger partial charge in [0.1, 0.15) is 17.6 Å². The summed E-state index contributed by atoms with van der Waals surface area (Å²) in [6, 6.07) is 9.15. The Bertz CT molecular complexity index is 761. The third-order valence-electron chi connectivity index (χ3n) is 3.01. The molecule has 0 saturated carbocycles. The van der Waals surface area contributed by atoms with Crippen LogP contribution in [0.25, 0.3) is 11.0 Å². The van der Waals surface area contributed by atoms with Crippen LogP contribution in [0.4, 0.5) is 0 Å². The van der Waals surface area contributed by atoms with E-state index in [-0.39, 0.29) is 5.78 Å². The first kappa shape index (κ1) is 12.4. The van der Waals surface area contributed by atoms with E-state index in [1.54, 1.807) is 12.3 Å². The maximum atomic E-state index is 12.5. The standard InChI is InChI=1S/C16H13NO3/c1-2-19-12-7-11(8-17-9-12)16(18)14-10-20-15-6-4-3-5-13(14)15/h3-10H,2H2,1H3. The Kier molecular flexibility index (Phi) is 3.21. The lowest BCUT2D eigenvalue weighted by Gasteiger charge is -2.04. The van der Waals surface area contributed by atoms with Gasteiger partial charge < -0.3 is 9.15 Å². The van der Waals surface area contributed by atoms with Crippen molar-refractivity contribution in [3.05, 3.63) is 60.1 Å². The molecule has 0 aliphatic carbocycles. The van der Waals surface area contributed by atoms with E-state index >= 15 is 0 Å². The second-order valence-electron chi connectivity index (χ2n) is 4.32. The summed E-state index contributed by atoms with van der Waals surface area (Å²) in [5, 5.41) is 0.805. The molecule has 0 radical (unpaired) electrons. The van der Waals surface area contributed by atoms with Gasteiger partial charge in [0.25, 0.3) is 0 Å². The van der Waals surface area contributed by atoms with Crippen LogP contribution in [0.2, 0.25) is 0 Å². The van der Waals surface area contributed by atoms with Crippen molar-refractivity contribution in [3.8, 4) is 5.75 Å². The van der Waals surface area contributed by atoms with Crippen LogP contribution < -0.4 is 4.74 Å².